The van der Waals surface area contributed by atoms with Crippen LogP contribution in [0.4, 0.5) is 22.0 Å². The molecule has 0 fully saturated rings. The second kappa shape index (κ2) is 11.1. The number of aryl methyl sites for hydroxylation is 3. The molecular weight excluding hydrogens is 423 g/mol. The molecule has 0 spiro atoms. The first-order valence-corrected chi connectivity index (χ1v) is 10.2. The molecule has 3 rings (SSSR count). The number of halogens is 5. The van der Waals surface area contributed by atoms with Crippen LogP contribution in [0.5, 0.6) is 5.75 Å². The second-order valence-electron chi connectivity index (χ2n) is 7.44. The van der Waals surface area contributed by atoms with Gasteiger partial charge in [0.25, 0.3) is 0 Å². The summed E-state index contributed by atoms with van der Waals surface area (Å²) in [6, 6.07) is 14.1. The highest BCUT2D eigenvalue weighted by Crippen LogP contribution is 2.32. The molecule has 3 aromatic carbocycles. The van der Waals surface area contributed by atoms with Gasteiger partial charge in [0.2, 0.25) is 0 Å². The van der Waals surface area contributed by atoms with Gasteiger partial charge < -0.3 is 4.74 Å². The predicted octanol–water partition coefficient (Wildman–Crippen LogP) is 8.00. The minimum atomic E-state index is -3.48. The maximum absolute atomic E-state index is 14.5. The Bertz CT molecular complexity index is 975. The van der Waals surface area contributed by atoms with Gasteiger partial charge in [-0.3, -0.25) is 0 Å². The van der Waals surface area contributed by atoms with Gasteiger partial charge in [0.15, 0.2) is 17.5 Å². The lowest BCUT2D eigenvalue weighted by Gasteiger charge is -2.19. The predicted molar refractivity (Wildman–Crippen MR) is 116 cm³/mol. The van der Waals surface area contributed by atoms with Crippen LogP contribution in [-0.4, -0.2) is 0 Å². The monoisotopic (exact) mass is 450 g/mol. The highest BCUT2D eigenvalue weighted by Gasteiger charge is 2.34. The fourth-order valence-corrected chi connectivity index (χ4v) is 3.22. The molecule has 1 nitrogen and oxygen atoms in total. The fourth-order valence-electron chi connectivity index (χ4n) is 3.22. The Kier molecular flexibility index (Phi) is 8.81. The zero-order valence-electron chi connectivity index (χ0n) is 17.1. The Morgan fingerprint density at radius 2 is 1.22 bits per heavy atom. The third-order valence-electron chi connectivity index (χ3n) is 5.02. The smallest absolute Gasteiger partial charge is 0.426 e. The van der Waals surface area contributed by atoms with E-state index in [0.29, 0.717) is 12.0 Å². The normalized spacial score (nSPS) is 11.2. The maximum Gasteiger partial charge on any atom is 0.426 e. The molecule has 0 aliphatic heterocycles. The van der Waals surface area contributed by atoms with Gasteiger partial charge in [0.1, 0.15) is 5.75 Å². The van der Waals surface area contributed by atoms with Crippen LogP contribution in [0.1, 0.15) is 49.4 Å². The van der Waals surface area contributed by atoms with Crippen molar-refractivity contribution in [1.29, 1.82) is 0 Å². The van der Waals surface area contributed by atoms with Crippen LogP contribution in [0.2, 0.25) is 0 Å². The van der Waals surface area contributed by atoms with E-state index in [1.807, 2.05) is 0 Å². The van der Waals surface area contributed by atoms with Gasteiger partial charge in [-0.25, -0.2) is 13.2 Å². The molecule has 32 heavy (non-hydrogen) atoms. The average molecular weight is 450 g/mol. The summed E-state index contributed by atoms with van der Waals surface area (Å²) in [7, 11) is 0. The molecule has 0 radical (unpaired) electrons. The quantitative estimate of drug-likeness (QED) is 0.237. The lowest BCUT2D eigenvalue weighted by atomic mass is 10.0. The zero-order chi connectivity index (χ0) is 22.4. The first-order chi connectivity index (χ1) is 14.8. The number of hydrogen-bond donors (Lipinski definition) is 0. The van der Waals surface area contributed by atoms with E-state index in [1.165, 1.54) is 24.3 Å². The van der Waals surface area contributed by atoms with Crippen molar-refractivity contribution in [2.45, 2.75) is 52.6 Å². The Morgan fingerprint density at radius 1 is 0.719 bits per heavy atom. The van der Waals surface area contributed by atoms with Crippen LogP contribution in [0.25, 0.3) is 0 Å². The average Bonchev–Trinajstić information content (AvgIpc) is 2.75. The van der Waals surface area contributed by atoms with Crippen LogP contribution in [0, 0.1) is 17.5 Å². The summed E-state index contributed by atoms with van der Waals surface area (Å²) >= 11 is 0. The van der Waals surface area contributed by atoms with E-state index >= 15 is 0 Å². The minimum absolute atomic E-state index is 0. The van der Waals surface area contributed by atoms with E-state index in [-0.39, 0.29) is 25.2 Å². The maximum atomic E-state index is 14.5. The van der Waals surface area contributed by atoms with E-state index < -0.39 is 23.6 Å². The van der Waals surface area contributed by atoms with Crippen molar-refractivity contribution in [2.24, 2.45) is 0 Å². The number of alkyl halides is 2. The van der Waals surface area contributed by atoms with Crippen LogP contribution in [0.15, 0.2) is 60.7 Å². The summed E-state index contributed by atoms with van der Waals surface area (Å²) in [6.45, 7) is 2.07. The lowest BCUT2D eigenvalue weighted by molar-refractivity contribution is -0.185. The first-order valence-electron chi connectivity index (χ1n) is 10.2. The summed E-state index contributed by atoms with van der Waals surface area (Å²) in [5.74, 6) is -3.97. The van der Waals surface area contributed by atoms with Crippen molar-refractivity contribution in [3.05, 3.63) is 100 Å². The standard InChI is InChI=1S/C25H23F5O.CH4/c1-2-3-4-17-7-11-20(12-8-17)25(29,30)31-21-13-9-18(10-14-21)5-6-19-15-22(26)24(28)23(27)16-19;/h7-16H,2-6H2,1H3;1H4. The molecule has 0 aliphatic carbocycles. The zero-order valence-corrected chi connectivity index (χ0v) is 17.1. The number of ether oxygens (including phenoxy) is 1. The molecule has 0 saturated heterocycles. The van der Waals surface area contributed by atoms with Gasteiger partial charge >= 0.3 is 6.11 Å². The van der Waals surface area contributed by atoms with E-state index in [0.717, 1.165) is 42.5 Å². The van der Waals surface area contributed by atoms with Crippen molar-refractivity contribution in [3.8, 4) is 5.75 Å². The highest BCUT2D eigenvalue weighted by atomic mass is 19.3. The molecular formula is C26H27F5O. The van der Waals surface area contributed by atoms with E-state index in [4.69, 9.17) is 4.74 Å². The molecule has 0 aliphatic rings. The molecule has 0 N–H and O–H groups in total. The summed E-state index contributed by atoms with van der Waals surface area (Å²) in [6.07, 6.45) is 0.0867. The van der Waals surface area contributed by atoms with Gasteiger partial charge in [-0.05, 0) is 78.8 Å². The number of benzene rings is 3. The van der Waals surface area contributed by atoms with Crippen molar-refractivity contribution in [2.75, 3.05) is 0 Å². The number of rotatable bonds is 9. The molecule has 6 heteroatoms. The fraction of sp³-hybridized carbons (Fsp3) is 0.308. The largest absolute Gasteiger partial charge is 0.429 e. The number of unbranched alkanes of at least 4 members (excludes halogenated alkanes) is 1. The number of hydrogen-bond acceptors (Lipinski definition) is 1. The molecule has 0 aromatic heterocycles. The third-order valence-corrected chi connectivity index (χ3v) is 5.02. The molecule has 0 amide bonds. The van der Waals surface area contributed by atoms with E-state index in [2.05, 4.69) is 6.92 Å². The molecule has 0 saturated carbocycles. The summed E-state index contributed by atoms with van der Waals surface area (Å²) in [5, 5.41) is 0. The van der Waals surface area contributed by atoms with Crippen molar-refractivity contribution in [1.82, 2.24) is 0 Å². The van der Waals surface area contributed by atoms with Crippen LogP contribution >= 0.6 is 0 Å². The van der Waals surface area contributed by atoms with Crippen LogP contribution in [0.3, 0.4) is 0 Å². The summed E-state index contributed by atoms with van der Waals surface area (Å²) in [5.41, 5.74) is 1.86. The second-order valence-corrected chi connectivity index (χ2v) is 7.44. The lowest BCUT2D eigenvalue weighted by Crippen LogP contribution is -2.21. The molecule has 0 heterocycles. The third kappa shape index (κ3) is 6.55. The Hall–Kier alpha value is -2.89. The van der Waals surface area contributed by atoms with Crippen molar-refractivity contribution >= 4 is 0 Å². The highest BCUT2D eigenvalue weighted by molar-refractivity contribution is 5.31. The van der Waals surface area contributed by atoms with Gasteiger partial charge in [0.05, 0.1) is 5.56 Å². The van der Waals surface area contributed by atoms with Gasteiger partial charge in [0, 0.05) is 0 Å². The van der Waals surface area contributed by atoms with Crippen LogP contribution < -0.4 is 4.74 Å². The molecule has 0 bridgehead atoms. The van der Waals surface area contributed by atoms with Gasteiger partial charge in [-0.1, -0.05) is 45.0 Å². The van der Waals surface area contributed by atoms with Gasteiger partial charge in [-0.2, -0.15) is 8.78 Å². The minimum Gasteiger partial charge on any atom is -0.429 e. The van der Waals surface area contributed by atoms with Crippen molar-refractivity contribution < 1.29 is 26.7 Å². The van der Waals surface area contributed by atoms with Gasteiger partial charge in [-0.15, -0.1) is 0 Å². The topological polar surface area (TPSA) is 9.23 Å². The molecule has 0 unspecified atom stereocenters. The summed E-state index contributed by atoms with van der Waals surface area (Å²) < 4.78 is 73.5. The Morgan fingerprint density at radius 3 is 1.78 bits per heavy atom. The molecule has 0 atom stereocenters. The van der Waals surface area contributed by atoms with E-state index in [9.17, 15) is 22.0 Å². The van der Waals surface area contributed by atoms with Crippen LogP contribution in [-0.2, 0) is 25.4 Å². The van der Waals surface area contributed by atoms with E-state index in [1.54, 1.807) is 24.3 Å². The SMILES string of the molecule is C.CCCCc1ccc(C(F)(F)Oc2ccc(CCc3cc(F)c(F)c(F)c3)cc2)cc1. The Balaban J connectivity index is 0.00000363. The molecule has 3 aromatic rings. The Labute approximate surface area is 185 Å². The first kappa shape index (κ1) is 25.4. The summed E-state index contributed by atoms with van der Waals surface area (Å²) in [4.78, 5) is 0. The van der Waals surface area contributed by atoms with Crippen molar-refractivity contribution in [3.63, 3.8) is 0 Å². The molecule has 172 valence electrons.